The summed E-state index contributed by atoms with van der Waals surface area (Å²) in [6, 6.07) is 6.00. The van der Waals surface area contributed by atoms with Gasteiger partial charge in [0.15, 0.2) is 0 Å². The number of nitrogens with zero attached hydrogens (tertiary/aromatic N) is 7. The number of aromatic nitrogens is 6. The molecule has 1 saturated carbocycles. The maximum atomic E-state index is 4.79. The van der Waals surface area contributed by atoms with Crippen molar-refractivity contribution in [3.05, 3.63) is 41.8 Å². The number of nitrogens with one attached hydrogen (secondary N) is 1. The third kappa shape index (κ3) is 5.26. The Balaban J connectivity index is 1.33. The van der Waals surface area contributed by atoms with Crippen molar-refractivity contribution in [2.45, 2.75) is 52.0 Å². The summed E-state index contributed by atoms with van der Waals surface area (Å²) < 4.78 is 2.02. The summed E-state index contributed by atoms with van der Waals surface area (Å²) in [7, 11) is 4.21. The van der Waals surface area contributed by atoms with Crippen LogP contribution in [0.15, 0.2) is 36.8 Å². The highest BCUT2D eigenvalue weighted by atomic mass is 32.1. The lowest BCUT2D eigenvalue weighted by Crippen LogP contribution is -2.32. The van der Waals surface area contributed by atoms with E-state index in [0.29, 0.717) is 5.92 Å². The van der Waals surface area contributed by atoms with Gasteiger partial charge in [0.05, 0.1) is 17.2 Å². The lowest BCUT2D eigenvalue weighted by Gasteiger charge is -2.28. The molecule has 0 bridgehead atoms. The number of fused-ring (bicyclic) bond motifs is 1. The molecular weight excluding hydrogens is 444 g/mol. The summed E-state index contributed by atoms with van der Waals surface area (Å²) in [5.41, 5.74) is 3.87. The van der Waals surface area contributed by atoms with E-state index in [1.165, 1.54) is 25.7 Å². The normalized spacial score (nSPS) is 15.0. The predicted molar refractivity (Wildman–Crippen MR) is 137 cm³/mol. The largest absolute Gasteiger partial charge is 0.315 e. The maximum absolute atomic E-state index is 4.79. The van der Waals surface area contributed by atoms with E-state index in [-0.39, 0.29) is 5.41 Å². The van der Waals surface area contributed by atoms with E-state index in [0.717, 1.165) is 51.2 Å². The van der Waals surface area contributed by atoms with Crippen LogP contribution in [0.1, 0.15) is 50.5 Å². The first-order valence-corrected chi connectivity index (χ1v) is 12.7. The van der Waals surface area contributed by atoms with Crippen molar-refractivity contribution in [2.24, 2.45) is 5.41 Å². The van der Waals surface area contributed by atoms with Gasteiger partial charge < -0.3 is 10.2 Å². The van der Waals surface area contributed by atoms with Crippen LogP contribution in [0.4, 0.5) is 10.9 Å². The van der Waals surface area contributed by atoms with Crippen molar-refractivity contribution in [1.29, 1.82) is 0 Å². The summed E-state index contributed by atoms with van der Waals surface area (Å²) in [6.07, 6.45) is 10.9. The van der Waals surface area contributed by atoms with Crippen molar-refractivity contribution >= 4 is 33.3 Å². The second-order valence-corrected chi connectivity index (χ2v) is 11.3. The van der Waals surface area contributed by atoms with Gasteiger partial charge in [0.1, 0.15) is 10.8 Å². The van der Waals surface area contributed by atoms with Gasteiger partial charge in [0, 0.05) is 42.5 Å². The average molecular weight is 477 g/mol. The van der Waals surface area contributed by atoms with E-state index >= 15 is 0 Å². The van der Waals surface area contributed by atoms with Crippen molar-refractivity contribution in [1.82, 2.24) is 34.8 Å². The van der Waals surface area contributed by atoms with E-state index in [4.69, 9.17) is 4.98 Å². The number of anilines is 2. The Morgan fingerprint density at radius 3 is 2.71 bits per heavy atom. The van der Waals surface area contributed by atoms with Crippen LogP contribution in [-0.2, 0) is 6.54 Å². The van der Waals surface area contributed by atoms with Gasteiger partial charge in [0.2, 0.25) is 5.13 Å². The second kappa shape index (κ2) is 9.38. The summed E-state index contributed by atoms with van der Waals surface area (Å²) in [6.45, 7) is 6.37. The van der Waals surface area contributed by atoms with Gasteiger partial charge in [-0.3, -0.25) is 9.67 Å². The fraction of sp³-hybridized carbons (Fsp3) is 0.480. The first kappa shape index (κ1) is 22.9. The fourth-order valence-electron chi connectivity index (χ4n) is 4.91. The smallest absolute Gasteiger partial charge is 0.211 e. The molecule has 178 valence electrons. The van der Waals surface area contributed by atoms with Crippen LogP contribution in [0, 0.1) is 5.41 Å². The highest BCUT2D eigenvalue weighted by Gasteiger charge is 2.22. The van der Waals surface area contributed by atoms with E-state index in [2.05, 4.69) is 70.7 Å². The zero-order valence-electron chi connectivity index (χ0n) is 20.3. The molecule has 0 atom stereocenters. The minimum Gasteiger partial charge on any atom is -0.315 e. The highest BCUT2D eigenvalue weighted by Crippen LogP contribution is 2.37. The Morgan fingerprint density at radius 1 is 1.09 bits per heavy atom. The van der Waals surface area contributed by atoms with E-state index < -0.39 is 0 Å². The lowest BCUT2D eigenvalue weighted by molar-refractivity contribution is 0.204. The van der Waals surface area contributed by atoms with Gasteiger partial charge in [-0.25, -0.2) is 4.98 Å². The Kier molecular flexibility index (Phi) is 6.31. The number of hydrogen-bond donors (Lipinski definition) is 1. The van der Waals surface area contributed by atoms with E-state index in [9.17, 15) is 0 Å². The standard InChI is InChI=1S/C25H32N8S/c1-25(2,15-32(3)4)16-33-14-19(13-27-33)18-11-21-20(26-12-18)9-10-22(28-21)29-24-31-30-23(34-24)17-7-5-6-8-17/h9-14,17H,5-8,15-16H2,1-4H3,(H,28,29,31). The highest BCUT2D eigenvalue weighted by molar-refractivity contribution is 7.15. The van der Waals surface area contributed by atoms with Crippen LogP contribution in [0.3, 0.4) is 0 Å². The quantitative estimate of drug-likeness (QED) is 0.368. The zero-order valence-corrected chi connectivity index (χ0v) is 21.1. The molecule has 4 aromatic rings. The van der Waals surface area contributed by atoms with Gasteiger partial charge in [0.25, 0.3) is 0 Å². The number of hydrogen-bond acceptors (Lipinski definition) is 8. The van der Waals surface area contributed by atoms with Crippen LogP contribution < -0.4 is 5.32 Å². The molecule has 4 heterocycles. The first-order chi connectivity index (χ1) is 16.3. The third-order valence-electron chi connectivity index (χ3n) is 6.22. The number of pyridine rings is 2. The fourth-order valence-corrected chi connectivity index (χ4v) is 5.83. The van der Waals surface area contributed by atoms with Gasteiger partial charge in [-0.2, -0.15) is 5.10 Å². The first-order valence-electron chi connectivity index (χ1n) is 11.9. The average Bonchev–Trinajstić information content (AvgIpc) is 3.54. The Bertz CT molecular complexity index is 1270. The minimum atomic E-state index is 0.124. The predicted octanol–water partition coefficient (Wildman–Crippen LogP) is 5.33. The van der Waals surface area contributed by atoms with Crippen LogP contribution in [0.5, 0.6) is 0 Å². The van der Waals surface area contributed by atoms with Crippen molar-refractivity contribution in [3.63, 3.8) is 0 Å². The monoisotopic (exact) mass is 476 g/mol. The molecule has 1 fully saturated rings. The summed E-state index contributed by atoms with van der Waals surface area (Å²) in [5, 5.41) is 18.6. The Hall–Kier alpha value is -2.91. The minimum absolute atomic E-state index is 0.124. The van der Waals surface area contributed by atoms with Crippen molar-refractivity contribution in [3.8, 4) is 11.1 Å². The van der Waals surface area contributed by atoms with Gasteiger partial charge in [-0.05, 0) is 50.6 Å². The molecule has 1 N–H and O–H groups in total. The third-order valence-corrected chi connectivity index (χ3v) is 7.22. The second-order valence-electron chi connectivity index (χ2n) is 10.3. The van der Waals surface area contributed by atoms with E-state index in [1.807, 2.05) is 29.2 Å². The van der Waals surface area contributed by atoms with Crippen molar-refractivity contribution in [2.75, 3.05) is 26.0 Å². The van der Waals surface area contributed by atoms with Gasteiger partial charge in [-0.1, -0.05) is 38.0 Å². The van der Waals surface area contributed by atoms with Crippen LogP contribution >= 0.6 is 11.3 Å². The molecule has 0 unspecified atom stereocenters. The van der Waals surface area contributed by atoms with Crippen molar-refractivity contribution < 1.29 is 0 Å². The maximum Gasteiger partial charge on any atom is 0.211 e. The van der Waals surface area contributed by atoms with Gasteiger partial charge in [-0.15, -0.1) is 10.2 Å². The molecule has 0 aliphatic heterocycles. The SMILES string of the molecule is CN(C)CC(C)(C)Cn1cc(-c2cnc3ccc(Nc4nnc(C5CCCC5)s4)nc3c2)cn1. The molecule has 4 aromatic heterocycles. The van der Waals surface area contributed by atoms with Crippen LogP contribution in [0.2, 0.25) is 0 Å². The topological polar surface area (TPSA) is 84.7 Å². The molecule has 1 aliphatic carbocycles. The lowest BCUT2D eigenvalue weighted by atomic mass is 9.93. The molecule has 0 amide bonds. The van der Waals surface area contributed by atoms with Crippen LogP contribution in [0.25, 0.3) is 22.2 Å². The molecule has 0 aromatic carbocycles. The Labute approximate surface area is 204 Å². The summed E-state index contributed by atoms with van der Waals surface area (Å²) >= 11 is 1.64. The molecule has 8 nitrogen and oxygen atoms in total. The van der Waals surface area contributed by atoms with Gasteiger partial charge >= 0.3 is 0 Å². The number of rotatable bonds is 8. The molecule has 5 rings (SSSR count). The molecule has 0 spiro atoms. The van der Waals surface area contributed by atoms with Crippen LogP contribution in [-0.4, -0.2) is 55.5 Å². The molecule has 0 saturated heterocycles. The molecule has 0 radical (unpaired) electrons. The molecule has 1 aliphatic rings. The van der Waals surface area contributed by atoms with E-state index in [1.54, 1.807) is 11.3 Å². The summed E-state index contributed by atoms with van der Waals surface area (Å²) in [5.74, 6) is 1.32. The molecule has 9 heteroatoms. The molecular formula is C25H32N8S. The zero-order chi connectivity index (χ0) is 23.7. The molecule has 34 heavy (non-hydrogen) atoms. The summed E-state index contributed by atoms with van der Waals surface area (Å²) in [4.78, 5) is 11.6. The Morgan fingerprint density at radius 2 is 1.91 bits per heavy atom.